The second-order valence-electron chi connectivity index (χ2n) is 3.66. The molecule has 0 spiro atoms. The van der Waals surface area contributed by atoms with E-state index in [4.69, 9.17) is 5.11 Å². The van der Waals surface area contributed by atoms with Gasteiger partial charge in [0.05, 0.1) is 5.52 Å². The van der Waals surface area contributed by atoms with Crippen molar-refractivity contribution in [1.82, 2.24) is 4.98 Å². The number of nitrogens with zero attached hydrogens (tertiary/aromatic N) is 2. The van der Waals surface area contributed by atoms with Gasteiger partial charge in [-0.05, 0) is 31.2 Å². The van der Waals surface area contributed by atoms with E-state index < -0.39 is 5.97 Å². The Hall–Kier alpha value is -2.49. The van der Waals surface area contributed by atoms with Crippen LogP contribution >= 0.6 is 0 Å². The molecule has 1 aromatic heterocycles. The largest absolute Gasteiger partial charge is 0.477 e. The summed E-state index contributed by atoms with van der Waals surface area (Å²) in [5, 5.41) is 9.97. The standard InChI is InChI=1S/C14H12N2O2/c1-2-5-12(14(17)18)16-13-9-8-10-6-3-4-7-11(10)15-13/h2-9H,1H3,(H,17,18)/b5-2-,16-12+. The fraction of sp³-hybridized carbons (Fsp3) is 0.0714. The smallest absolute Gasteiger partial charge is 0.354 e. The molecule has 18 heavy (non-hydrogen) atoms. The van der Waals surface area contributed by atoms with Crippen LogP contribution in [0.1, 0.15) is 6.92 Å². The Bertz CT molecular complexity index is 645. The molecule has 0 radical (unpaired) electrons. The Morgan fingerprint density at radius 1 is 1.28 bits per heavy atom. The number of aliphatic imine (C=N–C) groups is 1. The van der Waals surface area contributed by atoms with Gasteiger partial charge in [0.1, 0.15) is 5.71 Å². The molecule has 0 atom stereocenters. The van der Waals surface area contributed by atoms with Crippen LogP contribution in [0.15, 0.2) is 53.5 Å². The molecular weight excluding hydrogens is 228 g/mol. The zero-order valence-corrected chi connectivity index (χ0v) is 9.87. The highest BCUT2D eigenvalue weighted by atomic mass is 16.4. The summed E-state index contributed by atoms with van der Waals surface area (Å²) < 4.78 is 0. The number of allylic oxidation sites excluding steroid dienone is 1. The highest BCUT2D eigenvalue weighted by molar-refractivity contribution is 6.40. The monoisotopic (exact) mass is 240 g/mol. The molecular formula is C14H12N2O2. The van der Waals surface area contributed by atoms with Gasteiger partial charge < -0.3 is 5.11 Å². The van der Waals surface area contributed by atoms with Crippen molar-refractivity contribution in [3.05, 3.63) is 48.6 Å². The van der Waals surface area contributed by atoms with Crippen LogP contribution in [0.3, 0.4) is 0 Å². The average molecular weight is 240 g/mol. The Morgan fingerprint density at radius 2 is 2.06 bits per heavy atom. The summed E-state index contributed by atoms with van der Waals surface area (Å²) in [4.78, 5) is 19.3. The van der Waals surface area contributed by atoms with Gasteiger partial charge >= 0.3 is 5.97 Å². The van der Waals surface area contributed by atoms with Gasteiger partial charge in [-0.1, -0.05) is 24.3 Å². The lowest BCUT2D eigenvalue weighted by Gasteiger charge is -1.99. The number of hydrogen-bond acceptors (Lipinski definition) is 3. The number of hydrogen-bond donors (Lipinski definition) is 1. The van der Waals surface area contributed by atoms with Crippen LogP contribution in [0.2, 0.25) is 0 Å². The first kappa shape index (κ1) is 12.0. The van der Waals surface area contributed by atoms with E-state index in [9.17, 15) is 4.79 Å². The van der Waals surface area contributed by atoms with Gasteiger partial charge in [0.25, 0.3) is 0 Å². The van der Waals surface area contributed by atoms with Gasteiger partial charge in [-0.3, -0.25) is 0 Å². The van der Waals surface area contributed by atoms with Gasteiger partial charge in [-0.15, -0.1) is 0 Å². The zero-order chi connectivity index (χ0) is 13.0. The summed E-state index contributed by atoms with van der Waals surface area (Å²) in [6.07, 6.45) is 3.08. The first-order valence-electron chi connectivity index (χ1n) is 5.51. The quantitative estimate of drug-likeness (QED) is 0.839. The van der Waals surface area contributed by atoms with Crippen molar-refractivity contribution < 1.29 is 9.90 Å². The molecule has 0 saturated carbocycles. The molecule has 2 rings (SSSR count). The molecule has 0 unspecified atom stereocenters. The van der Waals surface area contributed by atoms with Crippen LogP contribution < -0.4 is 0 Å². The number of carbonyl (C=O) groups is 1. The first-order chi connectivity index (χ1) is 8.70. The maximum atomic E-state index is 10.9. The molecule has 0 amide bonds. The number of fused-ring (bicyclic) bond motifs is 1. The first-order valence-corrected chi connectivity index (χ1v) is 5.51. The zero-order valence-electron chi connectivity index (χ0n) is 9.87. The van der Waals surface area contributed by atoms with Crippen LogP contribution in [0.4, 0.5) is 5.82 Å². The van der Waals surface area contributed by atoms with Crippen LogP contribution in [0, 0.1) is 0 Å². The molecule has 4 nitrogen and oxygen atoms in total. The third kappa shape index (κ3) is 2.60. The number of benzene rings is 1. The number of aromatic nitrogens is 1. The predicted molar refractivity (Wildman–Crippen MR) is 71.3 cm³/mol. The number of carboxylic acid groups (broad SMARTS) is 1. The predicted octanol–water partition coefficient (Wildman–Crippen LogP) is 2.97. The molecule has 0 bridgehead atoms. The number of aliphatic carboxylic acids is 1. The lowest BCUT2D eigenvalue weighted by molar-refractivity contribution is -0.129. The molecule has 1 heterocycles. The minimum absolute atomic E-state index is 0.0275. The van der Waals surface area contributed by atoms with Crippen molar-refractivity contribution in [2.75, 3.05) is 0 Å². The van der Waals surface area contributed by atoms with Crippen LogP contribution in [0.5, 0.6) is 0 Å². The number of para-hydroxylation sites is 1. The van der Waals surface area contributed by atoms with Gasteiger partial charge in [-0.2, -0.15) is 0 Å². The molecule has 1 N–H and O–H groups in total. The topological polar surface area (TPSA) is 62.5 Å². The van der Waals surface area contributed by atoms with Crippen LogP contribution in [-0.4, -0.2) is 21.8 Å². The Morgan fingerprint density at radius 3 is 2.78 bits per heavy atom. The normalized spacial score (nSPS) is 12.2. The lowest BCUT2D eigenvalue weighted by Crippen LogP contribution is -2.09. The molecule has 2 aromatic rings. The summed E-state index contributed by atoms with van der Waals surface area (Å²) in [7, 11) is 0. The summed E-state index contributed by atoms with van der Waals surface area (Å²) in [5.74, 6) is -0.674. The molecule has 0 saturated heterocycles. The van der Waals surface area contributed by atoms with E-state index in [1.54, 1.807) is 19.1 Å². The van der Waals surface area contributed by atoms with Crippen molar-refractivity contribution in [2.45, 2.75) is 6.92 Å². The van der Waals surface area contributed by atoms with E-state index in [1.165, 1.54) is 6.08 Å². The highest BCUT2D eigenvalue weighted by Gasteiger charge is 2.05. The van der Waals surface area contributed by atoms with Crippen LogP contribution in [0.25, 0.3) is 10.9 Å². The third-order valence-electron chi connectivity index (χ3n) is 2.36. The van der Waals surface area contributed by atoms with E-state index in [-0.39, 0.29) is 5.71 Å². The number of pyridine rings is 1. The maximum absolute atomic E-state index is 10.9. The van der Waals surface area contributed by atoms with E-state index in [2.05, 4.69) is 9.98 Å². The van der Waals surface area contributed by atoms with E-state index in [0.29, 0.717) is 5.82 Å². The summed E-state index contributed by atoms with van der Waals surface area (Å²) in [6.45, 7) is 1.74. The van der Waals surface area contributed by atoms with E-state index in [1.807, 2.05) is 30.3 Å². The van der Waals surface area contributed by atoms with E-state index >= 15 is 0 Å². The van der Waals surface area contributed by atoms with E-state index in [0.717, 1.165) is 10.9 Å². The second kappa shape index (κ2) is 5.23. The minimum atomic E-state index is -1.07. The molecule has 90 valence electrons. The summed E-state index contributed by atoms with van der Waals surface area (Å²) in [6, 6.07) is 11.2. The molecule has 0 aliphatic rings. The molecule has 0 fully saturated rings. The molecule has 0 aliphatic heterocycles. The van der Waals surface area contributed by atoms with Gasteiger partial charge in [0.15, 0.2) is 5.82 Å². The highest BCUT2D eigenvalue weighted by Crippen LogP contribution is 2.16. The van der Waals surface area contributed by atoms with Gasteiger partial charge in [0, 0.05) is 5.39 Å². The summed E-state index contributed by atoms with van der Waals surface area (Å²) >= 11 is 0. The molecule has 4 heteroatoms. The second-order valence-corrected chi connectivity index (χ2v) is 3.66. The Balaban J connectivity index is 2.47. The lowest BCUT2D eigenvalue weighted by atomic mass is 10.2. The van der Waals surface area contributed by atoms with Crippen molar-refractivity contribution in [3.63, 3.8) is 0 Å². The average Bonchev–Trinajstić information content (AvgIpc) is 2.38. The minimum Gasteiger partial charge on any atom is -0.477 e. The molecule has 0 aliphatic carbocycles. The summed E-state index contributed by atoms with van der Waals surface area (Å²) in [5.41, 5.74) is 0.768. The SMILES string of the molecule is C/C=C\C(=N/c1ccc2ccccc2n1)C(=O)O. The number of rotatable bonds is 3. The van der Waals surface area contributed by atoms with Crippen molar-refractivity contribution in [2.24, 2.45) is 4.99 Å². The van der Waals surface area contributed by atoms with Crippen molar-refractivity contribution in [3.8, 4) is 0 Å². The fourth-order valence-electron chi connectivity index (χ4n) is 1.56. The van der Waals surface area contributed by atoms with Gasteiger partial charge in [-0.25, -0.2) is 14.8 Å². The third-order valence-corrected chi connectivity index (χ3v) is 2.36. The molecule has 1 aromatic carbocycles. The van der Waals surface area contributed by atoms with Gasteiger partial charge in [0.2, 0.25) is 0 Å². The number of carboxylic acids is 1. The van der Waals surface area contributed by atoms with Crippen molar-refractivity contribution >= 4 is 28.4 Å². The Labute approximate surface area is 104 Å². The Kier molecular flexibility index (Phi) is 3.48. The fourth-order valence-corrected chi connectivity index (χ4v) is 1.56. The van der Waals surface area contributed by atoms with Crippen LogP contribution in [-0.2, 0) is 4.79 Å². The maximum Gasteiger partial charge on any atom is 0.354 e. The van der Waals surface area contributed by atoms with Crippen molar-refractivity contribution in [1.29, 1.82) is 0 Å².